The Morgan fingerprint density at radius 1 is 1.30 bits per heavy atom. The van der Waals surface area contributed by atoms with Crippen molar-refractivity contribution >= 4 is 45.2 Å². The van der Waals surface area contributed by atoms with Crippen molar-refractivity contribution in [2.45, 2.75) is 18.5 Å². The quantitative estimate of drug-likeness (QED) is 0.413. The minimum absolute atomic E-state index is 0.101. The molecule has 0 radical (unpaired) electrons. The number of rotatable bonds is 7. The number of carboxylic acids is 1. The van der Waals surface area contributed by atoms with Crippen LogP contribution in [0.2, 0.25) is 0 Å². The second-order valence-corrected chi connectivity index (χ2v) is 7.75. The Hall–Kier alpha value is -2.65. The van der Waals surface area contributed by atoms with Crippen LogP contribution in [0.5, 0.6) is 0 Å². The molecule has 0 aliphatic carbocycles. The largest absolute Gasteiger partial charge is 0.477 e. The Morgan fingerprint density at radius 3 is 2.74 bits per heavy atom. The highest BCUT2D eigenvalue weighted by molar-refractivity contribution is 7.99. The summed E-state index contributed by atoms with van der Waals surface area (Å²) in [5.74, 6) is -1.13. The highest BCUT2D eigenvalue weighted by atomic mass is 32.2. The van der Waals surface area contributed by atoms with Gasteiger partial charge < -0.3 is 15.4 Å². The topological polar surface area (TPSA) is 112 Å². The van der Waals surface area contributed by atoms with Crippen LogP contribution in [-0.2, 0) is 11.2 Å². The molecule has 0 spiro atoms. The average molecular weight is 403 g/mol. The summed E-state index contributed by atoms with van der Waals surface area (Å²) in [6.07, 6.45) is 0.741. The van der Waals surface area contributed by atoms with Gasteiger partial charge in [-0.3, -0.25) is 9.59 Å². The highest BCUT2D eigenvalue weighted by Crippen LogP contribution is 2.28. The lowest BCUT2D eigenvalue weighted by Crippen LogP contribution is -2.27. The standard InChI is InChI=1S/C18H17N3O4S2/c1-10-13-15(23)20-18(21-16(13)27-14(10)17(24)25)26-9-12(22)19-8-7-11-5-3-2-4-6-11/h2-6H,7-9H2,1H3,(H,19,22)(H,24,25)(H,20,21,23). The van der Waals surface area contributed by atoms with Crippen LogP contribution in [0, 0.1) is 6.92 Å². The number of nitrogens with one attached hydrogen (secondary N) is 2. The molecule has 1 aromatic carbocycles. The zero-order valence-electron chi connectivity index (χ0n) is 14.4. The maximum Gasteiger partial charge on any atom is 0.346 e. The molecule has 0 unspecified atom stereocenters. The van der Waals surface area contributed by atoms with E-state index in [-0.39, 0.29) is 21.9 Å². The fourth-order valence-corrected chi connectivity index (χ4v) is 4.34. The summed E-state index contributed by atoms with van der Waals surface area (Å²) in [6.45, 7) is 2.12. The molecule has 0 bridgehead atoms. The van der Waals surface area contributed by atoms with Crippen molar-refractivity contribution in [3.8, 4) is 0 Å². The third-order valence-corrected chi connectivity index (χ3v) is 5.94. The van der Waals surface area contributed by atoms with E-state index in [1.807, 2.05) is 30.3 Å². The Balaban J connectivity index is 1.60. The van der Waals surface area contributed by atoms with Gasteiger partial charge in [-0.05, 0) is 24.5 Å². The molecule has 1 amide bonds. The van der Waals surface area contributed by atoms with Crippen LogP contribution in [0.3, 0.4) is 0 Å². The first-order valence-corrected chi connectivity index (χ1v) is 9.96. The summed E-state index contributed by atoms with van der Waals surface area (Å²) in [5.41, 5.74) is 1.16. The minimum Gasteiger partial charge on any atom is -0.477 e. The lowest BCUT2D eigenvalue weighted by Gasteiger charge is -2.05. The lowest BCUT2D eigenvalue weighted by atomic mass is 10.1. The number of hydrogen-bond acceptors (Lipinski definition) is 6. The Morgan fingerprint density at radius 2 is 2.04 bits per heavy atom. The van der Waals surface area contributed by atoms with Gasteiger partial charge in [0.15, 0.2) is 5.16 Å². The number of fused-ring (bicyclic) bond motifs is 1. The van der Waals surface area contributed by atoms with Crippen molar-refractivity contribution in [3.05, 3.63) is 56.7 Å². The number of thiophene rings is 1. The van der Waals surface area contributed by atoms with Gasteiger partial charge in [-0.15, -0.1) is 11.3 Å². The number of aromatic nitrogens is 2. The number of H-pyrrole nitrogens is 1. The molecule has 2 aromatic heterocycles. The molecule has 0 atom stereocenters. The van der Waals surface area contributed by atoms with E-state index in [2.05, 4.69) is 15.3 Å². The molecule has 2 heterocycles. The van der Waals surface area contributed by atoms with Crippen molar-refractivity contribution in [2.75, 3.05) is 12.3 Å². The number of carbonyl (C=O) groups is 2. The van der Waals surface area contributed by atoms with Gasteiger partial charge in [0.05, 0.1) is 11.1 Å². The summed E-state index contributed by atoms with van der Waals surface area (Å²) in [6, 6.07) is 9.84. The van der Waals surface area contributed by atoms with Gasteiger partial charge in [-0.1, -0.05) is 42.1 Å². The molecule has 0 aliphatic rings. The van der Waals surface area contributed by atoms with Crippen molar-refractivity contribution in [2.24, 2.45) is 0 Å². The number of amides is 1. The molecular weight excluding hydrogens is 386 g/mol. The Bertz CT molecular complexity index is 1040. The van der Waals surface area contributed by atoms with Crippen LogP contribution in [-0.4, -0.2) is 39.2 Å². The summed E-state index contributed by atoms with van der Waals surface area (Å²) in [4.78, 5) is 42.8. The number of thioether (sulfide) groups is 1. The average Bonchev–Trinajstić information content (AvgIpc) is 2.98. The van der Waals surface area contributed by atoms with E-state index in [9.17, 15) is 19.5 Å². The normalized spacial score (nSPS) is 10.9. The van der Waals surface area contributed by atoms with E-state index < -0.39 is 11.5 Å². The van der Waals surface area contributed by atoms with Crippen molar-refractivity contribution in [1.82, 2.24) is 15.3 Å². The first-order valence-electron chi connectivity index (χ1n) is 8.16. The van der Waals surface area contributed by atoms with Gasteiger partial charge in [0.1, 0.15) is 9.71 Å². The number of hydrogen-bond donors (Lipinski definition) is 3. The number of benzene rings is 1. The second kappa shape index (κ2) is 8.36. The van der Waals surface area contributed by atoms with Gasteiger partial charge in [0.25, 0.3) is 5.56 Å². The third kappa shape index (κ3) is 4.55. The zero-order valence-corrected chi connectivity index (χ0v) is 16.1. The van der Waals surface area contributed by atoms with Gasteiger partial charge in [0, 0.05) is 6.54 Å². The first-order chi connectivity index (χ1) is 13.0. The third-order valence-electron chi connectivity index (χ3n) is 3.89. The van der Waals surface area contributed by atoms with Crippen molar-refractivity contribution < 1.29 is 14.7 Å². The highest BCUT2D eigenvalue weighted by Gasteiger charge is 2.18. The van der Waals surface area contributed by atoms with E-state index in [4.69, 9.17) is 0 Å². The SMILES string of the molecule is Cc1c(C(=O)O)sc2nc(SCC(=O)NCCc3ccccc3)[nH]c(=O)c12. The molecule has 3 N–H and O–H groups in total. The van der Waals surface area contributed by atoms with Gasteiger partial charge in [-0.25, -0.2) is 9.78 Å². The van der Waals surface area contributed by atoms with Crippen LogP contribution >= 0.6 is 23.1 Å². The van der Waals surface area contributed by atoms with Crippen LogP contribution < -0.4 is 10.9 Å². The second-order valence-electron chi connectivity index (χ2n) is 5.79. The maximum atomic E-state index is 12.2. The molecule has 9 heteroatoms. The molecule has 0 aliphatic heterocycles. The zero-order chi connectivity index (χ0) is 19.4. The van der Waals surface area contributed by atoms with E-state index in [1.165, 1.54) is 0 Å². The minimum atomic E-state index is -1.08. The summed E-state index contributed by atoms with van der Waals surface area (Å²) < 4.78 is 0. The smallest absolute Gasteiger partial charge is 0.346 e. The molecular formula is C18H17N3O4S2. The van der Waals surface area contributed by atoms with E-state index in [0.29, 0.717) is 22.1 Å². The van der Waals surface area contributed by atoms with E-state index in [1.54, 1.807) is 6.92 Å². The number of aromatic amines is 1. The lowest BCUT2D eigenvalue weighted by molar-refractivity contribution is -0.118. The molecule has 0 saturated heterocycles. The van der Waals surface area contributed by atoms with Gasteiger partial charge in [0.2, 0.25) is 5.91 Å². The summed E-state index contributed by atoms with van der Waals surface area (Å²) in [5, 5.41) is 12.6. The molecule has 3 aromatic rings. The van der Waals surface area contributed by atoms with Crippen LogP contribution in [0.1, 0.15) is 20.8 Å². The van der Waals surface area contributed by atoms with E-state index >= 15 is 0 Å². The molecule has 0 fully saturated rings. The number of carboxylic acid groups (broad SMARTS) is 1. The van der Waals surface area contributed by atoms with Crippen molar-refractivity contribution in [3.63, 3.8) is 0 Å². The van der Waals surface area contributed by atoms with Crippen LogP contribution in [0.4, 0.5) is 0 Å². The predicted octanol–water partition coefficient (Wildman–Crippen LogP) is 2.44. The number of carbonyl (C=O) groups excluding carboxylic acids is 1. The molecule has 7 nitrogen and oxygen atoms in total. The fourth-order valence-electron chi connectivity index (χ4n) is 2.57. The molecule has 27 heavy (non-hydrogen) atoms. The van der Waals surface area contributed by atoms with E-state index in [0.717, 1.165) is 35.1 Å². The summed E-state index contributed by atoms with van der Waals surface area (Å²) >= 11 is 2.07. The Labute approximate surface area is 162 Å². The fraction of sp³-hybridized carbons (Fsp3) is 0.222. The molecule has 140 valence electrons. The van der Waals surface area contributed by atoms with Gasteiger partial charge in [-0.2, -0.15) is 0 Å². The van der Waals surface area contributed by atoms with Gasteiger partial charge >= 0.3 is 5.97 Å². The summed E-state index contributed by atoms with van der Waals surface area (Å²) in [7, 11) is 0. The number of aromatic carboxylic acids is 1. The Kier molecular flexibility index (Phi) is 5.92. The number of aryl methyl sites for hydroxylation is 1. The monoisotopic (exact) mass is 403 g/mol. The molecule has 3 rings (SSSR count). The van der Waals surface area contributed by atoms with Crippen LogP contribution in [0.15, 0.2) is 40.3 Å². The molecule has 0 saturated carbocycles. The van der Waals surface area contributed by atoms with Crippen LogP contribution in [0.25, 0.3) is 10.2 Å². The maximum absolute atomic E-state index is 12.2. The van der Waals surface area contributed by atoms with Crippen molar-refractivity contribution in [1.29, 1.82) is 0 Å². The first kappa shape index (κ1) is 19.1. The predicted molar refractivity (Wildman–Crippen MR) is 106 cm³/mol. The number of nitrogens with zero attached hydrogens (tertiary/aromatic N) is 1.